The highest BCUT2D eigenvalue weighted by atomic mass is 16.3. The average Bonchev–Trinajstić information content (AvgIpc) is 2.80. The molecule has 0 unspecified atom stereocenters. The number of H-pyrrole nitrogens is 1. The number of hydrogen-bond donors (Lipinski definition) is 3. The number of imidazole rings is 1. The van der Waals surface area contributed by atoms with E-state index in [1.54, 1.807) is 12.4 Å². The lowest BCUT2D eigenvalue weighted by Crippen LogP contribution is -2.13. The smallest absolute Gasteiger partial charge is 0.204 e. The molecule has 102 valence electrons. The minimum Gasteiger partial charge on any atom is -0.507 e. The number of aromatic amines is 1. The molecule has 0 aliphatic carbocycles. The van der Waals surface area contributed by atoms with E-state index in [4.69, 9.17) is 0 Å². The molecular weight excluding hydrogens is 238 g/mol. The van der Waals surface area contributed by atoms with Crippen molar-refractivity contribution in [2.24, 2.45) is 0 Å². The van der Waals surface area contributed by atoms with Crippen LogP contribution in [0, 0.1) is 13.8 Å². The minimum absolute atomic E-state index is 0.0805. The number of hydrogen-bond acceptors (Lipinski definition) is 3. The highest BCUT2D eigenvalue weighted by Crippen LogP contribution is 2.39. The normalized spacial score (nSPS) is 11.6. The van der Waals surface area contributed by atoms with E-state index in [-0.39, 0.29) is 5.41 Å². The van der Waals surface area contributed by atoms with Gasteiger partial charge in [0.25, 0.3) is 0 Å². The summed E-state index contributed by atoms with van der Waals surface area (Å²) in [6, 6.07) is 2.04. The van der Waals surface area contributed by atoms with Gasteiger partial charge in [0.15, 0.2) is 0 Å². The highest BCUT2D eigenvalue weighted by Gasteiger charge is 2.22. The van der Waals surface area contributed by atoms with E-state index in [0.717, 1.165) is 22.4 Å². The molecule has 2 rings (SSSR count). The summed E-state index contributed by atoms with van der Waals surface area (Å²) in [5.41, 5.74) is 3.73. The lowest BCUT2D eigenvalue weighted by atomic mass is 9.83. The summed E-state index contributed by atoms with van der Waals surface area (Å²) in [4.78, 5) is 7.15. The van der Waals surface area contributed by atoms with Crippen molar-refractivity contribution in [2.75, 3.05) is 5.32 Å². The number of phenols is 1. The highest BCUT2D eigenvalue weighted by molar-refractivity contribution is 5.68. The first-order valence-electron chi connectivity index (χ1n) is 6.40. The van der Waals surface area contributed by atoms with Crippen LogP contribution < -0.4 is 5.32 Å². The van der Waals surface area contributed by atoms with Crippen LogP contribution in [0.25, 0.3) is 0 Å². The quantitative estimate of drug-likeness (QED) is 0.769. The topological polar surface area (TPSA) is 60.9 Å². The Morgan fingerprint density at radius 1 is 1.26 bits per heavy atom. The standard InChI is InChI=1S/C15H21N3O/c1-9-8-11(15(3,4)5)13(19)10(2)12(9)18-14-16-6-7-17-14/h6-8,19H,1-5H3,(H2,16,17,18). The average molecular weight is 259 g/mol. The molecule has 0 amide bonds. The van der Waals surface area contributed by atoms with E-state index >= 15 is 0 Å². The SMILES string of the molecule is Cc1cc(C(C)(C)C)c(O)c(C)c1Nc1ncc[nH]1. The van der Waals surface area contributed by atoms with Crippen LogP contribution in [0.5, 0.6) is 5.75 Å². The molecule has 1 aromatic heterocycles. The first kappa shape index (κ1) is 13.5. The number of phenolic OH excluding ortho intramolecular Hbond substituents is 1. The molecule has 0 radical (unpaired) electrons. The molecule has 0 saturated heterocycles. The Hall–Kier alpha value is -1.97. The summed E-state index contributed by atoms with van der Waals surface area (Å²) >= 11 is 0. The molecule has 0 spiro atoms. The zero-order valence-electron chi connectivity index (χ0n) is 12.1. The Kier molecular flexibility index (Phi) is 3.27. The maximum Gasteiger partial charge on any atom is 0.204 e. The third kappa shape index (κ3) is 2.57. The van der Waals surface area contributed by atoms with Gasteiger partial charge in [0.1, 0.15) is 5.75 Å². The molecule has 4 nitrogen and oxygen atoms in total. The van der Waals surface area contributed by atoms with Crippen molar-refractivity contribution in [3.8, 4) is 5.75 Å². The van der Waals surface area contributed by atoms with Crippen LogP contribution in [0.15, 0.2) is 18.5 Å². The van der Waals surface area contributed by atoms with Gasteiger partial charge in [-0.3, -0.25) is 0 Å². The van der Waals surface area contributed by atoms with Gasteiger partial charge in [-0.2, -0.15) is 0 Å². The van der Waals surface area contributed by atoms with Crippen molar-refractivity contribution in [3.05, 3.63) is 35.2 Å². The number of aromatic hydroxyl groups is 1. The first-order valence-corrected chi connectivity index (χ1v) is 6.40. The fourth-order valence-corrected chi connectivity index (χ4v) is 2.19. The lowest BCUT2D eigenvalue weighted by molar-refractivity contribution is 0.443. The number of nitrogens with zero attached hydrogens (tertiary/aromatic N) is 1. The van der Waals surface area contributed by atoms with Crippen LogP contribution in [-0.4, -0.2) is 15.1 Å². The zero-order valence-corrected chi connectivity index (χ0v) is 12.1. The van der Waals surface area contributed by atoms with E-state index in [1.807, 2.05) is 19.9 Å². The van der Waals surface area contributed by atoms with Crippen LogP contribution in [-0.2, 0) is 5.41 Å². The first-order chi connectivity index (χ1) is 8.80. The summed E-state index contributed by atoms with van der Waals surface area (Å²) in [6.07, 6.45) is 3.45. The molecule has 1 aromatic carbocycles. The van der Waals surface area contributed by atoms with Gasteiger partial charge in [0.2, 0.25) is 5.95 Å². The molecule has 0 aliphatic heterocycles. The van der Waals surface area contributed by atoms with E-state index in [9.17, 15) is 5.11 Å². The van der Waals surface area contributed by atoms with E-state index in [1.165, 1.54) is 0 Å². The van der Waals surface area contributed by atoms with Gasteiger partial charge in [-0.15, -0.1) is 0 Å². The van der Waals surface area contributed by atoms with Gasteiger partial charge in [-0.1, -0.05) is 20.8 Å². The van der Waals surface area contributed by atoms with Crippen molar-refractivity contribution in [3.63, 3.8) is 0 Å². The summed E-state index contributed by atoms with van der Waals surface area (Å²) in [7, 11) is 0. The van der Waals surface area contributed by atoms with E-state index in [2.05, 4.69) is 36.1 Å². The predicted octanol–water partition coefficient (Wildman–Crippen LogP) is 3.77. The maximum atomic E-state index is 10.4. The predicted molar refractivity (Wildman–Crippen MR) is 78.2 cm³/mol. The number of aromatic nitrogens is 2. The van der Waals surface area contributed by atoms with E-state index < -0.39 is 0 Å². The number of benzene rings is 1. The molecule has 3 N–H and O–H groups in total. The van der Waals surface area contributed by atoms with Crippen LogP contribution in [0.2, 0.25) is 0 Å². The molecular formula is C15H21N3O. The second-order valence-corrected chi connectivity index (χ2v) is 5.90. The van der Waals surface area contributed by atoms with Gasteiger partial charge < -0.3 is 15.4 Å². The summed E-state index contributed by atoms with van der Waals surface area (Å²) in [5, 5.41) is 13.6. The van der Waals surface area contributed by atoms with Crippen LogP contribution >= 0.6 is 0 Å². The number of rotatable bonds is 2. The van der Waals surface area contributed by atoms with Crippen molar-refractivity contribution in [2.45, 2.75) is 40.0 Å². The zero-order chi connectivity index (χ0) is 14.2. The monoisotopic (exact) mass is 259 g/mol. The molecule has 4 heteroatoms. The fourth-order valence-electron chi connectivity index (χ4n) is 2.19. The molecule has 0 aliphatic rings. The number of aryl methyl sites for hydroxylation is 1. The molecule has 2 aromatic rings. The molecule has 0 saturated carbocycles. The Labute approximate surface area is 113 Å². The van der Waals surface area contributed by atoms with Gasteiger partial charge in [0.05, 0.1) is 5.69 Å². The van der Waals surface area contributed by atoms with Crippen molar-refractivity contribution < 1.29 is 5.11 Å². The molecule has 1 heterocycles. The van der Waals surface area contributed by atoms with Gasteiger partial charge >= 0.3 is 0 Å². The molecule has 0 bridgehead atoms. The molecule has 0 atom stereocenters. The molecule has 19 heavy (non-hydrogen) atoms. The van der Waals surface area contributed by atoms with Crippen molar-refractivity contribution >= 4 is 11.6 Å². The van der Waals surface area contributed by atoms with Crippen LogP contribution in [0.1, 0.15) is 37.5 Å². The Morgan fingerprint density at radius 2 is 1.95 bits per heavy atom. The number of nitrogens with one attached hydrogen (secondary N) is 2. The lowest BCUT2D eigenvalue weighted by Gasteiger charge is -2.24. The number of anilines is 2. The van der Waals surface area contributed by atoms with Crippen LogP contribution in [0.4, 0.5) is 11.6 Å². The summed E-state index contributed by atoms with van der Waals surface area (Å²) < 4.78 is 0. The third-order valence-electron chi connectivity index (χ3n) is 3.29. The van der Waals surface area contributed by atoms with Gasteiger partial charge in [0, 0.05) is 18.0 Å². The second kappa shape index (κ2) is 4.61. The maximum absolute atomic E-state index is 10.4. The Bertz CT molecular complexity index is 580. The second-order valence-electron chi connectivity index (χ2n) is 5.90. The summed E-state index contributed by atoms with van der Waals surface area (Å²) in [5.74, 6) is 1.03. The van der Waals surface area contributed by atoms with Gasteiger partial charge in [-0.05, 0) is 36.5 Å². The van der Waals surface area contributed by atoms with Crippen molar-refractivity contribution in [1.82, 2.24) is 9.97 Å². The Morgan fingerprint density at radius 3 is 2.47 bits per heavy atom. The minimum atomic E-state index is -0.0805. The van der Waals surface area contributed by atoms with Crippen LogP contribution in [0.3, 0.4) is 0 Å². The van der Waals surface area contributed by atoms with Gasteiger partial charge in [-0.25, -0.2) is 4.98 Å². The van der Waals surface area contributed by atoms with Crippen molar-refractivity contribution in [1.29, 1.82) is 0 Å². The largest absolute Gasteiger partial charge is 0.507 e. The fraction of sp³-hybridized carbons (Fsp3) is 0.400. The third-order valence-corrected chi connectivity index (χ3v) is 3.29. The summed E-state index contributed by atoms with van der Waals surface area (Å²) in [6.45, 7) is 10.2. The Balaban J connectivity index is 2.50. The van der Waals surface area contributed by atoms with E-state index in [0.29, 0.717) is 11.7 Å². The molecule has 0 fully saturated rings.